The van der Waals surface area contributed by atoms with E-state index in [1.54, 1.807) is 0 Å². The van der Waals surface area contributed by atoms with Crippen LogP contribution in [-0.2, 0) is 6.42 Å². The van der Waals surface area contributed by atoms with Crippen molar-refractivity contribution in [3.05, 3.63) is 41.3 Å². The molecule has 0 amide bonds. The zero-order valence-electron chi connectivity index (χ0n) is 7.20. The molecule has 0 aliphatic rings. The minimum absolute atomic E-state index is 0.164. The van der Waals surface area contributed by atoms with E-state index >= 15 is 0 Å². The zero-order chi connectivity index (χ0) is 9.14. The summed E-state index contributed by atoms with van der Waals surface area (Å²) in [6.07, 6.45) is 0.374. The summed E-state index contributed by atoms with van der Waals surface area (Å²) in [6.45, 7) is 3.71. The van der Waals surface area contributed by atoms with Gasteiger partial charge in [0.1, 0.15) is 11.6 Å². The van der Waals surface area contributed by atoms with Gasteiger partial charge >= 0.3 is 0 Å². The fourth-order valence-electron chi connectivity index (χ4n) is 1.05. The van der Waals surface area contributed by atoms with Gasteiger partial charge in [0.25, 0.3) is 0 Å². The fraction of sp³-hybridized carbons (Fsp3) is 0.300. The molecule has 0 atom stereocenters. The van der Waals surface area contributed by atoms with E-state index in [0.29, 0.717) is 6.42 Å². The number of rotatable bonds is 2. The molecule has 0 spiro atoms. The van der Waals surface area contributed by atoms with Crippen molar-refractivity contribution in [1.29, 1.82) is 0 Å². The fourth-order valence-corrected chi connectivity index (χ4v) is 1.05. The molecule has 0 nitrogen and oxygen atoms in total. The largest absolute Gasteiger partial charge is 0.207 e. The molecular formula is C10H11F2. The Morgan fingerprint density at radius 2 is 1.67 bits per heavy atom. The lowest BCUT2D eigenvalue weighted by Gasteiger charge is -2.06. The molecule has 0 saturated heterocycles. The van der Waals surface area contributed by atoms with Gasteiger partial charge in [0.2, 0.25) is 0 Å². The Hall–Kier alpha value is -0.920. The Morgan fingerprint density at radius 3 is 2.08 bits per heavy atom. The molecular weight excluding hydrogens is 158 g/mol. The molecule has 0 saturated carbocycles. The standard InChI is InChI=1S/C10H11F2/c1-7(2)6-8-9(11)4-3-5-10(8)12/h3-5H,6H2,1-2H3. The lowest BCUT2D eigenvalue weighted by molar-refractivity contribution is 0.556. The first kappa shape index (κ1) is 9.17. The highest BCUT2D eigenvalue weighted by Gasteiger charge is 2.09. The van der Waals surface area contributed by atoms with Crippen molar-refractivity contribution in [1.82, 2.24) is 0 Å². The normalized spacial score (nSPS) is 10.8. The topological polar surface area (TPSA) is 0 Å². The van der Waals surface area contributed by atoms with E-state index in [4.69, 9.17) is 0 Å². The lowest BCUT2D eigenvalue weighted by atomic mass is 10.0. The van der Waals surface area contributed by atoms with Gasteiger partial charge in [-0.3, -0.25) is 0 Å². The highest BCUT2D eigenvalue weighted by Crippen LogP contribution is 2.16. The van der Waals surface area contributed by atoms with Gasteiger partial charge in [0.05, 0.1) is 0 Å². The molecule has 1 rings (SSSR count). The van der Waals surface area contributed by atoms with Crippen LogP contribution >= 0.6 is 0 Å². The minimum atomic E-state index is -0.462. The van der Waals surface area contributed by atoms with Crippen LogP contribution < -0.4 is 0 Å². The maximum atomic E-state index is 13.0. The molecule has 0 aliphatic carbocycles. The SMILES string of the molecule is C[C](C)Cc1c(F)cccc1F. The highest BCUT2D eigenvalue weighted by molar-refractivity contribution is 5.22. The van der Waals surface area contributed by atoms with E-state index in [-0.39, 0.29) is 5.56 Å². The van der Waals surface area contributed by atoms with Crippen molar-refractivity contribution in [2.24, 2.45) is 0 Å². The van der Waals surface area contributed by atoms with Crippen LogP contribution in [0.2, 0.25) is 0 Å². The third kappa shape index (κ3) is 2.03. The maximum absolute atomic E-state index is 13.0. The van der Waals surface area contributed by atoms with E-state index in [1.807, 2.05) is 13.8 Å². The molecule has 0 aliphatic heterocycles. The Labute approximate surface area is 71.2 Å². The van der Waals surface area contributed by atoms with Gasteiger partial charge < -0.3 is 0 Å². The number of halogens is 2. The van der Waals surface area contributed by atoms with E-state index in [1.165, 1.54) is 18.2 Å². The summed E-state index contributed by atoms with van der Waals surface area (Å²) < 4.78 is 25.9. The molecule has 0 heterocycles. The molecule has 0 N–H and O–H groups in total. The average Bonchev–Trinajstić information content (AvgIpc) is 1.97. The van der Waals surface area contributed by atoms with Crippen molar-refractivity contribution in [3.8, 4) is 0 Å². The zero-order valence-corrected chi connectivity index (χ0v) is 7.20. The second-order valence-electron chi connectivity index (χ2n) is 3.08. The van der Waals surface area contributed by atoms with Gasteiger partial charge in [-0.05, 0) is 24.5 Å². The van der Waals surface area contributed by atoms with Gasteiger partial charge in [-0.25, -0.2) is 8.78 Å². The molecule has 0 aromatic heterocycles. The molecule has 65 valence electrons. The summed E-state index contributed by atoms with van der Waals surface area (Å²) in [5, 5.41) is 0. The average molecular weight is 169 g/mol. The monoisotopic (exact) mass is 169 g/mol. The smallest absolute Gasteiger partial charge is 0.129 e. The molecule has 0 bridgehead atoms. The van der Waals surface area contributed by atoms with Gasteiger partial charge in [-0.2, -0.15) is 0 Å². The van der Waals surface area contributed by atoms with E-state index in [2.05, 4.69) is 0 Å². The van der Waals surface area contributed by atoms with Crippen molar-refractivity contribution < 1.29 is 8.78 Å². The maximum Gasteiger partial charge on any atom is 0.129 e. The lowest BCUT2D eigenvalue weighted by Crippen LogP contribution is -1.99. The van der Waals surface area contributed by atoms with Crippen LogP contribution in [0.1, 0.15) is 19.4 Å². The Kier molecular flexibility index (Phi) is 2.79. The Bertz CT molecular complexity index is 246. The van der Waals surface area contributed by atoms with Gasteiger partial charge in [-0.15, -0.1) is 0 Å². The minimum Gasteiger partial charge on any atom is -0.207 e. The predicted molar refractivity (Wildman–Crippen MR) is 44.7 cm³/mol. The number of hydrogen-bond acceptors (Lipinski definition) is 0. The third-order valence-electron chi connectivity index (χ3n) is 1.59. The van der Waals surface area contributed by atoms with Crippen molar-refractivity contribution in [2.75, 3.05) is 0 Å². The summed E-state index contributed by atoms with van der Waals surface area (Å²) in [5.74, 6) is 0.0754. The molecule has 2 heteroatoms. The molecule has 1 radical (unpaired) electrons. The van der Waals surface area contributed by atoms with Gasteiger partial charge in [0, 0.05) is 5.56 Å². The van der Waals surface area contributed by atoms with Crippen LogP contribution in [0.25, 0.3) is 0 Å². The summed E-state index contributed by atoms with van der Waals surface area (Å²) in [4.78, 5) is 0. The summed E-state index contributed by atoms with van der Waals surface area (Å²) in [6, 6.07) is 3.93. The number of benzene rings is 1. The molecule has 0 unspecified atom stereocenters. The first-order chi connectivity index (χ1) is 5.61. The van der Waals surface area contributed by atoms with Gasteiger partial charge in [0.15, 0.2) is 0 Å². The summed E-state index contributed by atoms with van der Waals surface area (Å²) in [7, 11) is 0. The summed E-state index contributed by atoms with van der Waals surface area (Å²) >= 11 is 0. The molecule has 0 fully saturated rings. The Balaban J connectivity index is 2.96. The van der Waals surface area contributed by atoms with Crippen LogP contribution in [-0.4, -0.2) is 0 Å². The van der Waals surface area contributed by atoms with Crippen LogP contribution in [0, 0.1) is 17.6 Å². The third-order valence-corrected chi connectivity index (χ3v) is 1.59. The summed E-state index contributed by atoms with van der Waals surface area (Å²) in [5.41, 5.74) is 0.164. The van der Waals surface area contributed by atoms with Crippen molar-refractivity contribution >= 4 is 0 Å². The van der Waals surface area contributed by atoms with E-state index in [0.717, 1.165) is 5.92 Å². The first-order valence-corrected chi connectivity index (χ1v) is 3.83. The number of hydrogen-bond donors (Lipinski definition) is 0. The molecule has 12 heavy (non-hydrogen) atoms. The van der Waals surface area contributed by atoms with Crippen molar-refractivity contribution in [2.45, 2.75) is 20.3 Å². The second kappa shape index (κ2) is 3.65. The Morgan fingerprint density at radius 1 is 1.17 bits per heavy atom. The second-order valence-corrected chi connectivity index (χ2v) is 3.08. The van der Waals surface area contributed by atoms with E-state index in [9.17, 15) is 8.78 Å². The van der Waals surface area contributed by atoms with Crippen molar-refractivity contribution in [3.63, 3.8) is 0 Å². The van der Waals surface area contributed by atoms with Crippen LogP contribution in [0.3, 0.4) is 0 Å². The van der Waals surface area contributed by atoms with Crippen LogP contribution in [0.15, 0.2) is 18.2 Å². The molecule has 1 aromatic rings. The molecule has 1 aromatic carbocycles. The first-order valence-electron chi connectivity index (χ1n) is 3.83. The van der Waals surface area contributed by atoms with Crippen LogP contribution in [0.4, 0.5) is 8.78 Å². The van der Waals surface area contributed by atoms with E-state index < -0.39 is 11.6 Å². The quantitative estimate of drug-likeness (QED) is 0.638. The van der Waals surface area contributed by atoms with Gasteiger partial charge in [-0.1, -0.05) is 19.9 Å². The highest BCUT2D eigenvalue weighted by atomic mass is 19.1. The predicted octanol–water partition coefficient (Wildman–Crippen LogP) is 3.12. The van der Waals surface area contributed by atoms with Crippen LogP contribution in [0.5, 0.6) is 0 Å².